The largest absolute Gasteiger partial charge is 0.379 e. The minimum atomic E-state index is -0.432. The minimum Gasteiger partial charge on any atom is -0.379 e. The number of ketones is 1. The second kappa shape index (κ2) is 7.27. The van der Waals surface area contributed by atoms with Gasteiger partial charge in [-0.2, -0.15) is 0 Å². The number of ether oxygens (including phenoxy) is 1. The van der Waals surface area contributed by atoms with E-state index >= 15 is 0 Å². The first-order valence-electron chi connectivity index (χ1n) is 8.42. The van der Waals surface area contributed by atoms with Crippen LogP contribution in [0.25, 0.3) is 0 Å². The normalized spacial score (nSPS) is 21.4. The standard InChI is InChI=1S/C17H23N3O4/c1-11-8-14-12(15(21)9-11)10-13(17(23)19-14)16(22)18-2-3-20-4-6-24-7-5-20/h10-11H,2-9H2,1H3,(H,18,22)(H,19,23)/t11-/m1/s1. The number of amides is 1. The molecule has 1 atom stereocenters. The van der Waals surface area contributed by atoms with E-state index in [9.17, 15) is 14.4 Å². The molecule has 0 bridgehead atoms. The van der Waals surface area contributed by atoms with Gasteiger partial charge in [0.25, 0.3) is 11.5 Å². The highest BCUT2D eigenvalue weighted by Gasteiger charge is 2.25. The van der Waals surface area contributed by atoms with Crippen LogP contribution in [-0.4, -0.2) is 61.0 Å². The van der Waals surface area contributed by atoms with E-state index in [1.807, 2.05) is 6.92 Å². The fourth-order valence-electron chi connectivity index (χ4n) is 3.24. The Balaban J connectivity index is 1.65. The number of hydrogen-bond acceptors (Lipinski definition) is 5. The van der Waals surface area contributed by atoms with Crippen molar-refractivity contribution in [1.82, 2.24) is 15.2 Å². The van der Waals surface area contributed by atoms with Crippen LogP contribution in [0.5, 0.6) is 0 Å². The van der Waals surface area contributed by atoms with Crippen LogP contribution in [0.1, 0.15) is 39.8 Å². The molecule has 0 aromatic carbocycles. The fourth-order valence-corrected chi connectivity index (χ4v) is 3.24. The van der Waals surface area contributed by atoms with Crippen LogP contribution in [0.4, 0.5) is 0 Å². The van der Waals surface area contributed by atoms with Gasteiger partial charge in [-0.1, -0.05) is 6.92 Å². The minimum absolute atomic E-state index is 0.0117. The molecule has 1 fully saturated rings. The molecule has 0 radical (unpaired) electrons. The molecule has 1 aliphatic carbocycles. The van der Waals surface area contributed by atoms with Crippen molar-refractivity contribution in [2.24, 2.45) is 5.92 Å². The number of fused-ring (bicyclic) bond motifs is 1. The summed E-state index contributed by atoms with van der Waals surface area (Å²) in [4.78, 5) is 41.5. The first-order valence-corrected chi connectivity index (χ1v) is 8.42. The predicted molar refractivity (Wildman–Crippen MR) is 88.5 cm³/mol. The lowest BCUT2D eigenvalue weighted by Gasteiger charge is -2.26. The van der Waals surface area contributed by atoms with Crippen molar-refractivity contribution >= 4 is 11.7 Å². The molecular formula is C17H23N3O4. The molecule has 0 spiro atoms. The number of rotatable bonds is 4. The summed E-state index contributed by atoms with van der Waals surface area (Å²) in [5.41, 5.74) is 0.706. The molecule has 7 heteroatoms. The van der Waals surface area contributed by atoms with Gasteiger partial charge in [-0.15, -0.1) is 0 Å². The van der Waals surface area contributed by atoms with Gasteiger partial charge in [0.15, 0.2) is 5.78 Å². The van der Waals surface area contributed by atoms with E-state index in [0.717, 1.165) is 13.1 Å². The van der Waals surface area contributed by atoms with Gasteiger partial charge in [0, 0.05) is 43.9 Å². The van der Waals surface area contributed by atoms with E-state index in [2.05, 4.69) is 15.2 Å². The molecule has 7 nitrogen and oxygen atoms in total. The van der Waals surface area contributed by atoms with Crippen LogP contribution >= 0.6 is 0 Å². The zero-order chi connectivity index (χ0) is 17.1. The number of Topliss-reactive ketones (excluding diaryl/α,β-unsaturated/α-hetero) is 1. The van der Waals surface area contributed by atoms with Gasteiger partial charge in [0.1, 0.15) is 5.56 Å². The molecule has 24 heavy (non-hydrogen) atoms. The van der Waals surface area contributed by atoms with E-state index in [0.29, 0.717) is 50.4 Å². The number of aromatic nitrogens is 1. The summed E-state index contributed by atoms with van der Waals surface area (Å²) in [6.45, 7) is 6.27. The van der Waals surface area contributed by atoms with Crippen LogP contribution in [0.3, 0.4) is 0 Å². The lowest BCUT2D eigenvalue weighted by molar-refractivity contribution is 0.0383. The molecule has 2 N–H and O–H groups in total. The third-order valence-electron chi connectivity index (χ3n) is 4.57. The maximum Gasteiger partial charge on any atom is 0.261 e. The highest BCUT2D eigenvalue weighted by atomic mass is 16.5. The molecule has 1 amide bonds. The van der Waals surface area contributed by atoms with Gasteiger partial charge in [0.05, 0.1) is 13.2 Å². The molecule has 1 aromatic rings. The number of nitrogens with one attached hydrogen (secondary N) is 2. The smallest absolute Gasteiger partial charge is 0.261 e. The molecule has 0 unspecified atom stereocenters. The quantitative estimate of drug-likeness (QED) is 0.821. The number of hydrogen-bond donors (Lipinski definition) is 2. The van der Waals surface area contributed by atoms with Gasteiger partial charge in [-0.3, -0.25) is 19.3 Å². The number of morpholine rings is 1. The maximum absolute atomic E-state index is 12.3. The third kappa shape index (κ3) is 3.73. The summed E-state index contributed by atoms with van der Waals surface area (Å²) in [7, 11) is 0. The Morgan fingerprint density at radius 1 is 1.33 bits per heavy atom. The van der Waals surface area contributed by atoms with E-state index in [-0.39, 0.29) is 17.3 Å². The molecule has 2 heterocycles. The monoisotopic (exact) mass is 333 g/mol. The van der Waals surface area contributed by atoms with Crippen molar-refractivity contribution in [2.75, 3.05) is 39.4 Å². The van der Waals surface area contributed by atoms with Crippen LogP contribution in [0.2, 0.25) is 0 Å². The zero-order valence-corrected chi connectivity index (χ0v) is 13.9. The second-order valence-corrected chi connectivity index (χ2v) is 6.55. The van der Waals surface area contributed by atoms with E-state index in [1.54, 1.807) is 0 Å². The van der Waals surface area contributed by atoms with Crippen molar-refractivity contribution in [3.8, 4) is 0 Å². The topological polar surface area (TPSA) is 91.5 Å². The number of pyridine rings is 1. The molecule has 1 aliphatic heterocycles. The number of carbonyl (C=O) groups excluding carboxylic acids is 2. The van der Waals surface area contributed by atoms with E-state index in [4.69, 9.17) is 4.74 Å². The average Bonchev–Trinajstić information content (AvgIpc) is 2.55. The van der Waals surface area contributed by atoms with Crippen molar-refractivity contribution in [1.29, 1.82) is 0 Å². The van der Waals surface area contributed by atoms with Crippen molar-refractivity contribution in [2.45, 2.75) is 19.8 Å². The van der Waals surface area contributed by atoms with E-state index < -0.39 is 11.5 Å². The average molecular weight is 333 g/mol. The van der Waals surface area contributed by atoms with E-state index in [1.165, 1.54) is 6.07 Å². The molecule has 1 saturated heterocycles. The summed E-state index contributed by atoms with van der Waals surface area (Å²) in [5, 5.41) is 2.76. The Morgan fingerprint density at radius 3 is 2.83 bits per heavy atom. The number of carbonyl (C=O) groups is 2. The Kier molecular flexibility index (Phi) is 5.11. The predicted octanol–water partition coefficient (Wildman–Crippen LogP) is 0.202. The van der Waals surface area contributed by atoms with Gasteiger partial charge >= 0.3 is 0 Å². The molecule has 3 rings (SSSR count). The van der Waals surface area contributed by atoms with Crippen molar-refractivity contribution in [3.63, 3.8) is 0 Å². The Bertz CT molecular complexity index is 692. The zero-order valence-electron chi connectivity index (χ0n) is 13.9. The van der Waals surface area contributed by atoms with Gasteiger partial charge < -0.3 is 15.0 Å². The Hall–Kier alpha value is -1.99. The number of nitrogens with zero attached hydrogens (tertiary/aromatic N) is 1. The number of H-pyrrole nitrogens is 1. The molecule has 2 aliphatic rings. The summed E-state index contributed by atoms with van der Waals surface area (Å²) in [6.07, 6.45) is 1.12. The summed E-state index contributed by atoms with van der Waals surface area (Å²) >= 11 is 0. The highest BCUT2D eigenvalue weighted by molar-refractivity contribution is 6.01. The summed E-state index contributed by atoms with van der Waals surface area (Å²) in [6, 6.07) is 1.45. The number of aromatic amines is 1. The lowest BCUT2D eigenvalue weighted by atomic mass is 9.86. The Labute approximate surface area is 140 Å². The van der Waals surface area contributed by atoms with Crippen LogP contribution in [0.15, 0.2) is 10.9 Å². The first-order chi connectivity index (χ1) is 11.5. The lowest BCUT2D eigenvalue weighted by Crippen LogP contribution is -2.42. The summed E-state index contributed by atoms with van der Waals surface area (Å²) in [5.74, 6) is -0.227. The fraction of sp³-hybridized carbons (Fsp3) is 0.588. The third-order valence-corrected chi connectivity index (χ3v) is 4.57. The maximum atomic E-state index is 12.3. The van der Waals surface area contributed by atoms with Gasteiger partial charge in [0.2, 0.25) is 0 Å². The van der Waals surface area contributed by atoms with Crippen LogP contribution in [0, 0.1) is 5.92 Å². The SMILES string of the molecule is C[C@H]1CC(=O)c2cc(C(=O)NCCN3CCOCC3)c(=O)[nH]c2C1. The second-order valence-electron chi connectivity index (χ2n) is 6.55. The molecule has 1 aromatic heterocycles. The van der Waals surface area contributed by atoms with Gasteiger partial charge in [-0.05, 0) is 18.4 Å². The molecule has 0 saturated carbocycles. The Morgan fingerprint density at radius 2 is 2.08 bits per heavy atom. The summed E-state index contributed by atoms with van der Waals surface area (Å²) < 4.78 is 5.28. The molecular weight excluding hydrogens is 310 g/mol. The van der Waals surface area contributed by atoms with Gasteiger partial charge in [-0.25, -0.2) is 0 Å². The van der Waals surface area contributed by atoms with Crippen molar-refractivity contribution < 1.29 is 14.3 Å². The highest BCUT2D eigenvalue weighted by Crippen LogP contribution is 2.23. The van der Waals surface area contributed by atoms with Crippen molar-refractivity contribution in [3.05, 3.63) is 33.2 Å². The molecule has 130 valence electrons. The first kappa shape index (κ1) is 16.9. The van der Waals surface area contributed by atoms with Crippen LogP contribution in [-0.2, 0) is 11.2 Å². The van der Waals surface area contributed by atoms with Crippen LogP contribution < -0.4 is 10.9 Å².